The van der Waals surface area contributed by atoms with Crippen molar-refractivity contribution in [1.82, 2.24) is 15.0 Å². The Labute approximate surface area is 79.6 Å². The molecule has 0 spiro atoms. The summed E-state index contributed by atoms with van der Waals surface area (Å²) in [6, 6.07) is 3.59. The largest absolute Gasteiger partial charge is 0.385 e. The van der Waals surface area contributed by atoms with Gasteiger partial charge in [0.1, 0.15) is 5.82 Å². The number of H-pyrrole nitrogens is 1. The van der Waals surface area contributed by atoms with Crippen molar-refractivity contribution >= 4 is 5.82 Å². The van der Waals surface area contributed by atoms with E-state index in [0.717, 1.165) is 5.56 Å². The van der Waals surface area contributed by atoms with Crippen molar-refractivity contribution in [1.29, 1.82) is 0 Å². The van der Waals surface area contributed by atoms with Crippen molar-refractivity contribution < 1.29 is 0 Å². The number of nitrogens with one attached hydrogen (secondary N) is 1. The minimum absolute atomic E-state index is 0.316. The topological polar surface area (TPSA) is 84.7 Å². The van der Waals surface area contributed by atoms with Gasteiger partial charge in [0.05, 0.1) is 0 Å². The molecule has 0 saturated heterocycles. The molecule has 0 aliphatic heterocycles. The molecule has 5 nitrogen and oxygen atoms in total. The number of aromatic nitrogens is 3. The van der Waals surface area contributed by atoms with Crippen LogP contribution in [-0.4, -0.2) is 15.0 Å². The average Bonchev–Trinajstić information content (AvgIpc) is 2.19. The van der Waals surface area contributed by atoms with E-state index in [2.05, 4.69) is 15.0 Å². The minimum atomic E-state index is -0.444. The second-order valence-electron chi connectivity index (χ2n) is 2.75. The van der Waals surface area contributed by atoms with Crippen LogP contribution in [0.3, 0.4) is 0 Å². The SMILES string of the molecule is Nc1[nH]c(=O)ncc1-c1ccncc1. The third-order valence-corrected chi connectivity index (χ3v) is 1.83. The van der Waals surface area contributed by atoms with Crippen LogP contribution >= 0.6 is 0 Å². The molecule has 0 aliphatic carbocycles. The van der Waals surface area contributed by atoms with Crippen LogP contribution in [0, 0.1) is 0 Å². The molecule has 3 N–H and O–H groups in total. The molecule has 0 amide bonds. The molecular weight excluding hydrogens is 180 g/mol. The van der Waals surface area contributed by atoms with E-state index in [1.807, 2.05) is 0 Å². The van der Waals surface area contributed by atoms with E-state index in [0.29, 0.717) is 11.4 Å². The van der Waals surface area contributed by atoms with Crippen LogP contribution in [0.1, 0.15) is 0 Å². The second kappa shape index (κ2) is 3.29. The Hall–Kier alpha value is -2.17. The van der Waals surface area contributed by atoms with Crippen LogP contribution in [0.2, 0.25) is 0 Å². The van der Waals surface area contributed by atoms with Gasteiger partial charge in [-0.1, -0.05) is 0 Å². The number of rotatable bonds is 1. The van der Waals surface area contributed by atoms with Crippen molar-refractivity contribution in [3.63, 3.8) is 0 Å². The Morgan fingerprint density at radius 3 is 2.64 bits per heavy atom. The Morgan fingerprint density at radius 2 is 2.00 bits per heavy atom. The molecule has 5 heteroatoms. The standard InChI is InChI=1S/C9H8N4O/c10-8-7(5-12-9(14)13-8)6-1-3-11-4-2-6/h1-5H,(H3,10,12,13,14). The van der Waals surface area contributed by atoms with Crippen molar-refractivity contribution in [3.8, 4) is 11.1 Å². The molecular formula is C9H8N4O. The number of hydrogen-bond acceptors (Lipinski definition) is 4. The highest BCUT2D eigenvalue weighted by Gasteiger charge is 2.02. The van der Waals surface area contributed by atoms with Crippen molar-refractivity contribution in [2.45, 2.75) is 0 Å². The van der Waals surface area contributed by atoms with Crippen LogP contribution < -0.4 is 11.4 Å². The van der Waals surface area contributed by atoms with Crippen LogP contribution in [0.5, 0.6) is 0 Å². The fourth-order valence-corrected chi connectivity index (χ4v) is 1.17. The summed E-state index contributed by atoms with van der Waals surface area (Å²) in [7, 11) is 0. The molecule has 0 unspecified atom stereocenters. The Bertz CT molecular complexity index is 492. The summed E-state index contributed by atoms with van der Waals surface area (Å²) < 4.78 is 0. The van der Waals surface area contributed by atoms with E-state index in [4.69, 9.17) is 5.73 Å². The molecule has 0 aromatic carbocycles. The van der Waals surface area contributed by atoms with Gasteiger partial charge in [0.15, 0.2) is 0 Å². The zero-order valence-corrected chi connectivity index (χ0v) is 7.27. The summed E-state index contributed by atoms with van der Waals surface area (Å²) in [5.74, 6) is 0.316. The zero-order valence-electron chi connectivity index (χ0n) is 7.27. The molecule has 2 heterocycles. The lowest BCUT2D eigenvalue weighted by atomic mass is 10.1. The van der Waals surface area contributed by atoms with Crippen LogP contribution in [-0.2, 0) is 0 Å². The van der Waals surface area contributed by atoms with E-state index >= 15 is 0 Å². The fraction of sp³-hybridized carbons (Fsp3) is 0. The van der Waals surface area contributed by atoms with E-state index < -0.39 is 5.69 Å². The summed E-state index contributed by atoms with van der Waals surface area (Å²) in [4.78, 5) is 20.7. The second-order valence-corrected chi connectivity index (χ2v) is 2.75. The van der Waals surface area contributed by atoms with Gasteiger partial charge < -0.3 is 5.73 Å². The Morgan fingerprint density at radius 1 is 1.29 bits per heavy atom. The normalized spacial score (nSPS) is 10.0. The van der Waals surface area contributed by atoms with Crippen molar-refractivity contribution in [3.05, 3.63) is 41.2 Å². The maximum Gasteiger partial charge on any atom is 0.346 e. The number of nitrogens with zero attached hydrogens (tertiary/aromatic N) is 2. The van der Waals surface area contributed by atoms with E-state index in [1.165, 1.54) is 6.20 Å². The number of nitrogens with two attached hydrogens (primary N) is 1. The maximum atomic E-state index is 10.8. The van der Waals surface area contributed by atoms with Crippen LogP contribution in [0.15, 0.2) is 35.5 Å². The summed E-state index contributed by atoms with van der Waals surface area (Å²) in [6.07, 6.45) is 4.75. The molecule has 70 valence electrons. The van der Waals surface area contributed by atoms with Gasteiger partial charge in [-0.15, -0.1) is 0 Å². The first kappa shape index (κ1) is 8.43. The lowest BCUT2D eigenvalue weighted by Crippen LogP contribution is -2.12. The molecule has 0 bridgehead atoms. The first-order valence-electron chi connectivity index (χ1n) is 4.02. The lowest BCUT2D eigenvalue weighted by molar-refractivity contribution is 1.09. The van der Waals surface area contributed by atoms with Crippen molar-refractivity contribution in [2.24, 2.45) is 0 Å². The van der Waals surface area contributed by atoms with Crippen molar-refractivity contribution in [2.75, 3.05) is 5.73 Å². The van der Waals surface area contributed by atoms with Gasteiger partial charge in [-0.25, -0.2) is 9.78 Å². The molecule has 0 radical (unpaired) electrons. The average molecular weight is 188 g/mol. The number of pyridine rings is 1. The Kier molecular flexibility index (Phi) is 1.98. The maximum absolute atomic E-state index is 10.8. The summed E-state index contributed by atoms with van der Waals surface area (Å²) in [5.41, 5.74) is 6.77. The van der Waals surface area contributed by atoms with Gasteiger partial charge >= 0.3 is 5.69 Å². The fourth-order valence-electron chi connectivity index (χ4n) is 1.17. The zero-order chi connectivity index (χ0) is 9.97. The molecule has 0 saturated carbocycles. The van der Waals surface area contributed by atoms with E-state index in [9.17, 15) is 4.79 Å². The highest BCUT2D eigenvalue weighted by molar-refractivity contribution is 5.71. The van der Waals surface area contributed by atoms with E-state index in [1.54, 1.807) is 24.5 Å². The van der Waals surface area contributed by atoms with Crippen LogP contribution in [0.25, 0.3) is 11.1 Å². The van der Waals surface area contributed by atoms with Gasteiger partial charge in [-0.05, 0) is 17.7 Å². The number of nitrogen functional groups attached to an aromatic ring is 1. The van der Waals surface area contributed by atoms with Gasteiger partial charge in [0, 0.05) is 24.2 Å². The van der Waals surface area contributed by atoms with Gasteiger partial charge in [-0.3, -0.25) is 9.97 Å². The first-order chi connectivity index (χ1) is 6.77. The van der Waals surface area contributed by atoms with Crippen LogP contribution in [0.4, 0.5) is 5.82 Å². The summed E-state index contributed by atoms with van der Waals surface area (Å²) in [6.45, 7) is 0. The van der Waals surface area contributed by atoms with E-state index in [-0.39, 0.29) is 0 Å². The highest BCUT2D eigenvalue weighted by atomic mass is 16.1. The predicted octanol–water partition coefficient (Wildman–Crippen LogP) is 0.414. The Balaban J connectivity index is 2.58. The number of hydrogen-bond donors (Lipinski definition) is 2. The molecule has 2 aromatic rings. The molecule has 0 aliphatic rings. The monoisotopic (exact) mass is 188 g/mol. The highest BCUT2D eigenvalue weighted by Crippen LogP contribution is 2.20. The molecule has 0 atom stereocenters. The molecule has 2 aromatic heterocycles. The molecule has 0 fully saturated rings. The smallest absolute Gasteiger partial charge is 0.346 e. The number of anilines is 1. The van der Waals surface area contributed by atoms with Gasteiger partial charge in [0.2, 0.25) is 0 Å². The molecule has 2 rings (SSSR count). The summed E-state index contributed by atoms with van der Waals surface area (Å²) in [5, 5.41) is 0. The number of aromatic amines is 1. The first-order valence-corrected chi connectivity index (χ1v) is 4.02. The molecule has 14 heavy (non-hydrogen) atoms. The minimum Gasteiger partial charge on any atom is -0.385 e. The third-order valence-electron chi connectivity index (χ3n) is 1.83. The lowest BCUT2D eigenvalue weighted by Gasteiger charge is -2.02. The summed E-state index contributed by atoms with van der Waals surface area (Å²) >= 11 is 0. The van der Waals surface area contributed by atoms with Gasteiger partial charge in [-0.2, -0.15) is 0 Å². The predicted molar refractivity (Wildman–Crippen MR) is 52.5 cm³/mol. The van der Waals surface area contributed by atoms with Gasteiger partial charge in [0.25, 0.3) is 0 Å². The third kappa shape index (κ3) is 1.47. The quantitative estimate of drug-likeness (QED) is 0.679.